The van der Waals surface area contributed by atoms with Crippen molar-refractivity contribution in [2.45, 2.75) is 109 Å². The summed E-state index contributed by atoms with van der Waals surface area (Å²) in [4.78, 5) is 30.6. The number of hydrogen-bond acceptors (Lipinski definition) is 8. The molecule has 2 aromatic heterocycles. The standard InChI is InChI=1S/C41H50ClF2N5O4Si/c1-23(2)54(24(3)4,25(5)6)16-15-30-33(43)14-11-26-17-29(52-22-51-10)18-31(34(26)30)36-35(44)37-32(19-45-36)38(47-39(42)46-37)48-20-27-12-13-28(21-48)49(27)40(50)53-41(7,8)9/h11,14,17-19,23-25,27-28H,12-13,20-22H2,1-10H3. The van der Waals surface area contributed by atoms with Crippen LogP contribution in [0.2, 0.25) is 21.9 Å². The fourth-order valence-electron chi connectivity index (χ4n) is 8.67. The minimum atomic E-state index is -2.27. The molecular weight excluding hydrogens is 728 g/mol. The van der Waals surface area contributed by atoms with Crippen LogP contribution < -0.4 is 9.64 Å². The molecule has 13 heteroatoms. The van der Waals surface area contributed by atoms with Crippen LogP contribution in [-0.2, 0) is 9.47 Å². The smallest absolute Gasteiger partial charge is 0.410 e. The first-order chi connectivity index (χ1) is 25.5. The van der Waals surface area contributed by atoms with Crippen molar-refractivity contribution in [2.24, 2.45) is 0 Å². The molecular formula is C41H50ClF2N5O4Si. The molecule has 1 amide bonds. The number of piperazine rings is 1. The van der Waals surface area contributed by atoms with Gasteiger partial charge in [-0.25, -0.2) is 18.6 Å². The number of nitrogens with zero attached hydrogens (tertiary/aromatic N) is 5. The van der Waals surface area contributed by atoms with Crippen LogP contribution in [-0.4, -0.2) is 78.7 Å². The molecule has 54 heavy (non-hydrogen) atoms. The van der Waals surface area contributed by atoms with Crippen molar-refractivity contribution in [2.75, 3.05) is 31.9 Å². The number of halogens is 3. The van der Waals surface area contributed by atoms with Gasteiger partial charge >= 0.3 is 6.09 Å². The fourth-order valence-corrected chi connectivity index (χ4v) is 14.0. The number of carbonyl (C=O) groups is 1. The average Bonchev–Trinajstić information content (AvgIpc) is 3.36. The molecule has 2 bridgehead atoms. The number of pyridine rings is 1. The van der Waals surface area contributed by atoms with Gasteiger partial charge in [-0.1, -0.05) is 53.5 Å². The van der Waals surface area contributed by atoms with Gasteiger partial charge in [0.15, 0.2) is 12.6 Å². The van der Waals surface area contributed by atoms with E-state index in [1.165, 1.54) is 19.4 Å². The van der Waals surface area contributed by atoms with Crippen molar-refractivity contribution in [1.29, 1.82) is 0 Å². The Bertz CT molecular complexity index is 2110. The van der Waals surface area contributed by atoms with Crippen molar-refractivity contribution in [1.82, 2.24) is 19.9 Å². The molecule has 2 saturated heterocycles. The zero-order valence-electron chi connectivity index (χ0n) is 32.8. The lowest BCUT2D eigenvalue weighted by molar-refractivity contribution is 0.0123. The van der Waals surface area contributed by atoms with Crippen molar-refractivity contribution in [3.63, 3.8) is 0 Å². The van der Waals surface area contributed by atoms with Crippen LogP contribution in [0.25, 0.3) is 32.9 Å². The van der Waals surface area contributed by atoms with Gasteiger partial charge in [-0.05, 0) is 85.4 Å². The summed E-state index contributed by atoms with van der Waals surface area (Å²) < 4.78 is 49.9. The number of ether oxygens (including phenoxy) is 3. The highest BCUT2D eigenvalue weighted by molar-refractivity contribution is 6.90. The van der Waals surface area contributed by atoms with Crippen LogP contribution in [0, 0.1) is 23.1 Å². The number of amides is 1. The number of anilines is 1. The summed E-state index contributed by atoms with van der Waals surface area (Å²) in [5.41, 5.74) is 4.40. The molecule has 2 unspecified atom stereocenters. The highest BCUT2D eigenvalue weighted by atomic mass is 35.5. The van der Waals surface area contributed by atoms with Gasteiger partial charge in [0, 0.05) is 37.3 Å². The Balaban J connectivity index is 1.50. The lowest BCUT2D eigenvalue weighted by Crippen LogP contribution is -2.57. The molecule has 0 saturated carbocycles. The summed E-state index contributed by atoms with van der Waals surface area (Å²) in [6.07, 6.45) is 2.81. The van der Waals surface area contributed by atoms with Gasteiger partial charge in [-0.2, -0.15) is 4.98 Å². The number of rotatable bonds is 8. The van der Waals surface area contributed by atoms with E-state index < -0.39 is 25.3 Å². The predicted octanol–water partition coefficient (Wildman–Crippen LogP) is 9.92. The minimum Gasteiger partial charge on any atom is -0.468 e. The molecule has 2 aromatic carbocycles. The van der Waals surface area contributed by atoms with Crippen LogP contribution in [0.5, 0.6) is 5.75 Å². The van der Waals surface area contributed by atoms with Gasteiger partial charge in [0.1, 0.15) is 42.3 Å². The van der Waals surface area contributed by atoms with Gasteiger partial charge in [0.2, 0.25) is 5.28 Å². The van der Waals surface area contributed by atoms with E-state index in [1.807, 2.05) is 30.6 Å². The number of methoxy groups -OCH3 is 1. The van der Waals surface area contributed by atoms with E-state index in [4.69, 9.17) is 25.8 Å². The molecule has 2 atom stereocenters. The second-order valence-corrected chi connectivity index (χ2v) is 22.3. The Morgan fingerprint density at radius 3 is 2.26 bits per heavy atom. The van der Waals surface area contributed by atoms with Crippen LogP contribution >= 0.6 is 11.6 Å². The highest BCUT2D eigenvalue weighted by Crippen LogP contribution is 2.43. The lowest BCUT2D eigenvalue weighted by Gasteiger charge is -2.42. The fraction of sp³-hybridized carbons (Fsp3) is 0.512. The average molecular weight is 778 g/mol. The number of hydrogen-bond donors (Lipinski definition) is 0. The molecule has 0 radical (unpaired) electrons. The van der Waals surface area contributed by atoms with Gasteiger partial charge < -0.3 is 19.1 Å². The zero-order valence-corrected chi connectivity index (χ0v) is 34.6. The maximum Gasteiger partial charge on any atom is 0.410 e. The number of benzene rings is 2. The molecule has 4 aromatic rings. The predicted molar refractivity (Wildman–Crippen MR) is 213 cm³/mol. The molecule has 4 heterocycles. The summed E-state index contributed by atoms with van der Waals surface area (Å²) >= 11 is 6.52. The van der Waals surface area contributed by atoms with E-state index in [0.29, 0.717) is 63.0 Å². The van der Waals surface area contributed by atoms with E-state index >= 15 is 8.78 Å². The summed E-state index contributed by atoms with van der Waals surface area (Å²) in [5.74, 6) is 2.88. The molecule has 0 N–H and O–H groups in total. The third-order valence-corrected chi connectivity index (χ3v) is 17.4. The highest BCUT2D eigenvalue weighted by Gasteiger charge is 2.45. The van der Waals surface area contributed by atoms with Crippen LogP contribution in [0.1, 0.15) is 80.7 Å². The Labute approximate surface area is 322 Å². The van der Waals surface area contributed by atoms with Gasteiger partial charge in [0.25, 0.3) is 0 Å². The van der Waals surface area contributed by atoms with E-state index in [1.54, 1.807) is 18.2 Å². The number of fused-ring (bicyclic) bond motifs is 4. The molecule has 6 rings (SSSR count). The van der Waals surface area contributed by atoms with Gasteiger partial charge in [-0.3, -0.25) is 9.88 Å². The molecule has 2 aliphatic heterocycles. The molecule has 288 valence electrons. The van der Waals surface area contributed by atoms with Gasteiger partial charge in [0.05, 0.1) is 23.0 Å². The molecule has 9 nitrogen and oxygen atoms in total. The zero-order chi connectivity index (χ0) is 39.3. The first kappa shape index (κ1) is 39.6. The Morgan fingerprint density at radius 2 is 1.67 bits per heavy atom. The first-order valence-electron chi connectivity index (χ1n) is 18.7. The maximum absolute atomic E-state index is 17.1. The van der Waals surface area contributed by atoms with E-state index in [-0.39, 0.29) is 47.0 Å². The maximum atomic E-state index is 17.1. The topological polar surface area (TPSA) is 89.9 Å². The summed E-state index contributed by atoms with van der Waals surface area (Å²) in [6, 6.07) is 6.20. The second-order valence-electron chi connectivity index (χ2n) is 16.4. The van der Waals surface area contributed by atoms with E-state index in [2.05, 4.69) is 68.0 Å². The van der Waals surface area contributed by atoms with Crippen LogP contribution in [0.15, 0.2) is 30.5 Å². The summed E-state index contributed by atoms with van der Waals surface area (Å²) in [7, 11) is -0.765. The number of carbonyl (C=O) groups excluding carboxylic acids is 1. The molecule has 2 fully saturated rings. The SMILES string of the molecule is COCOc1cc(-c2ncc3c(N4CC5CCC(C4)N5C(=O)OC(C)(C)C)nc(Cl)nc3c2F)c2c(C#C[Si](C(C)C)(C(C)C)C(C)C)c(F)ccc2c1. The van der Waals surface area contributed by atoms with Crippen LogP contribution in [0.4, 0.5) is 19.4 Å². The van der Waals surface area contributed by atoms with Crippen molar-refractivity contribution in [3.8, 4) is 28.5 Å². The third kappa shape index (κ3) is 7.35. The lowest BCUT2D eigenvalue weighted by atomic mass is 9.95. The van der Waals surface area contributed by atoms with Crippen LogP contribution in [0.3, 0.4) is 0 Å². The van der Waals surface area contributed by atoms with Crippen molar-refractivity contribution >= 4 is 53.3 Å². The quantitative estimate of drug-likeness (QED) is 0.0756. The molecule has 2 aliphatic rings. The summed E-state index contributed by atoms with van der Waals surface area (Å²) in [5, 5.41) is 1.27. The van der Waals surface area contributed by atoms with Crippen molar-refractivity contribution in [3.05, 3.63) is 52.9 Å². The van der Waals surface area contributed by atoms with E-state index in [0.717, 1.165) is 12.8 Å². The van der Waals surface area contributed by atoms with E-state index in [9.17, 15) is 4.79 Å². The number of aromatic nitrogens is 3. The normalized spacial score (nSPS) is 17.6. The molecule has 0 aliphatic carbocycles. The van der Waals surface area contributed by atoms with Gasteiger partial charge in [-0.15, -0.1) is 5.54 Å². The Morgan fingerprint density at radius 1 is 1.02 bits per heavy atom. The summed E-state index contributed by atoms with van der Waals surface area (Å²) in [6.45, 7) is 19.6. The molecule has 0 spiro atoms. The second kappa shape index (κ2) is 15.2. The monoisotopic (exact) mass is 777 g/mol. The van der Waals surface area contributed by atoms with Crippen molar-refractivity contribution < 1.29 is 27.8 Å². The third-order valence-electron chi connectivity index (χ3n) is 10.9. The largest absolute Gasteiger partial charge is 0.468 e. The Hall–Kier alpha value is -4.05. The minimum absolute atomic E-state index is 0.0248. The first-order valence-corrected chi connectivity index (χ1v) is 21.3. The Kier molecular flexibility index (Phi) is 11.2.